The van der Waals surface area contributed by atoms with E-state index >= 15 is 0 Å². The molecule has 1 aromatic heterocycles. The van der Waals surface area contributed by atoms with Gasteiger partial charge in [-0.05, 0) is 29.3 Å². The van der Waals surface area contributed by atoms with Crippen LogP contribution in [0, 0.1) is 10.1 Å². The van der Waals surface area contributed by atoms with Crippen LogP contribution in [0.25, 0.3) is 22.4 Å². The molecule has 0 unspecified atom stereocenters. The van der Waals surface area contributed by atoms with Gasteiger partial charge in [0.25, 0.3) is 0 Å². The van der Waals surface area contributed by atoms with Crippen molar-refractivity contribution >= 4 is 5.69 Å². The first kappa shape index (κ1) is 14.7. The molecule has 5 nitrogen and oxygen atoms in total. The lowest BCUT2D eigenvalue weighted by Gasteiger charge is -2.07. The summed E-state index contributed by atoms with van der Waals surface area (Å²) in [6.45, 7) is 0. The average molecular weight is 306 g/mol. The summed E-state index contributed by atoms with van der Waals surface area (Å²) < 4.78 is 5.04. The maximum absolute atomic E-state index is 11.2. The summed E-state index contributed by atoms with van der Waals surface area (Å²) in [6.07, 6.45) is 1.70. The molecule has 0 aliphatic carbocycles. The van der Waals surface area contributed by atoms with Crippen molar-refractivity contribution in [1.29, 1.82) is 0 Å². The van der Waals surface area contributed by atoms with Crippen molar-refractivity contribution in [3.8, 4) is 28.1 Å². The van der Waals surface area contributed by atoms with E-state index in [4.69, 9.17) is 4.74 Å². The molecule has 0 spiro atoms. The molecule has 0 N–H and O–H groups in total. The van der Waals surface area contributed by atoms with Crippen LogP contribution in [0.1, 0.15) is 0 Å². The van der Waals surface area contributed by atoms with Gasteiger partial charge in [-0.3, -0.25) is 15.1 Å². The Morgan fingerprint density at radius 3 is 2.39 bits per heavy atom. The summed E-state index contributed by atoms with van der Waals surface area (Å²) in [7, 11) is 1.42. The van der Waals surface area contributed by atoms with Crippen LogP contribution in [0.2, 0.25) is 0 Å². The van der Waals surface area contributed by atoms with Crippen LogP contribution >= 0.6 is 0 Å². The molecule has 0 saturated carbocycles. The Hall–Kier alpha value is -3.21. The van der Waals surface area contributed by atoms with E-state index in [1.165, 1.54) is 13.2 Å². The van der Waals surface area contributed by atoms with E-state index in [-0.39, 0.29) is 11.4 Å². The molecular formula is C18H14N2O3. The summed E-state index contributed by atoms with van der Waals surface area (Å²) >= 11 is 0. The summed E-state index contributed by atoms with van der Waals surface area (Å²) in [6, 6.07) is 18.5. The Morgan fingerprint density at radius 2 is 1.70 bits per heavy atom. The van der Waals surface area contributed by atoms with Crippen LogP contribution in [0.3, 0.4) is 0 Å². The lowest BCUT2D eigenvalue weighted by molar-refractivity contribution is -0.385. The molecular weight excluding hydrogens is 292 g/mol. The van der Waals surface area contributed by atoms with Gasteiger partial charge in [0.15, 0.2) is 5.75 Å². The van der Waals surface area contributed by atoms with Gasteiger partial charge in [-0.1, -0.05) is 36.4 Å². The van der Waals surface area contributed by atoms with Crippen LogP contribution in [0.4, 0.5) is 5.69 Å². The lowest BCUT2D eigenvalue weighted by Crippen LogP contribution is -1.94. The SMILES string of the molecule is COc1ccc(-c2ccnc(-c3ccccc3)c2)cc1[N+](=O)[O-]. The predicted octanol–water partition coefficient (Wildman–Crippen LogP) is 4.33. The molecule has 5 heteroatoms. The second-order valence-corrected chi connectivity index (χ2v) is 4.94. The number of nitro benzene ring substituents is 1. The molecule has 1 heterocycles. The minimum absolute atomic E-state index is 0.0527. The van der Waals surface area contributed by atoms with E-state index in [0.717, 1.165) is 22.4 Å². The van der Waals surface area contributed by atoms with Crippen LogP contribution in [-0.2, 0) is 0 Å². The molecule has 0 saturated heterocycles. The number of ether oxygens (including phenoxy) is 1. The second-order valence-electron chi connectivity index (χ2n) is 4.94. The Kier molecular flexibility index (Phi) is 4.01. The first-order valence-corrected chi connectivity index (χ1v) is 7.03. The number of methoxy groups -OCH3 is 1. The maximum atomic E-state index is 11.2. The highest BCUT2D eigenvalue weighted by Crippen LogP contribution is 2.33. The zero-order chi connectivity index (χ0) is 16.2. The average Bonchev–Trinajstić information content (AvgIpc) is 2.62. The fourth-order valence-corrected chi connectivity index (χ4v) is 2.39. The van der Waals surface area contributed by atoms with Crippen LogP contribution in [0.5, 0.6) is 5.75 Å². The summed E-state index contributed by atoms with van der Waals surface area (Å²) in [5.74, 6) is 0.246. The Balaban J connectivity index is 2.06. The Morgan fingerprint density at radius 1 is 0.957 bits per heavy atom. The van der Waals surface area contributed by atoms with Gasteiger partial charge in [-0.15, -0.1) is 0 Å². The summed E-state index contributed by atoms with van der Waals surface area (Å²) in [5, 5.41) is 11.2. The van der Waals surface area contributed by atoms with E-state index in [2.05, 4.69) is 4.98 Å². The Labute approximate surface area is 133 Å². The smallest absolute Gasteiger partial charge is 0.311 e. The molecule has 0 aliphatic heterocycles. The number of hydrogen-bond acceptors (Lipinski definition) is 4. The molecule has 0 bridgehead atoms. The third-order valence-corrected chi connectivity index (χ3v) is 3.54. The fraction of sp³-hybridized carbons (Fsp3) is 0.0556. The van der Waals surface area contributed by atoms with Crippen LogP contribution < -0.4 is 4.74 Å². The van der Waals surface area contributed by atoms with Gasteiger partial charge in [0, 0.05) is 17.8 Å². The number of benzene rings is 2. The van der Waals surface area contributed by atoms with Crippen molar-refractivity contribution in [1.82, 2.24) is 4.98 Å². The molecule has 114 valence electrons. The molecule has 0 aliphatic rings. The molecule has 23 heavy (non-hydrogen) atoms. The normalized spacial score (nSPS) is 10.3. The molecule has 3 aromatic rings. The zero-order valence-electron chi connectivity index (χ0n) is 12.5. The maximum Gasteiger partial charge on any atom is 0.311 e. The van der Waals surface area contributed by atoms with E-state index < -0.39 is 4.92 Å². The number of nitro groups is 1. The molecule has 3 rings (SSSR count). The highest BCUT2D eigenvalue weighted by Gasteiger charge is 2.16. The molecule has 0 fully saturated rings. The molecule has 0 amide bonds. The second kappa shape index (κ2) is 6.27. The third-order valence-electron chi connectivity index (χ3n) is 3.54. The van der Waals surface area contributed by atoms with Gasteiger partial charge in [0.1, 0.15) is 0 Å². The number of pyridine rings is 1. The van der Waals surface area contributed by atoms with Gasteiger partial charge in [0.05, 0.1) is 17.7 Å². The molecule has 0 radical (unpaired) electrons. The topological polar surface area (TPSA) is 65.3 Å². The van der Waals surface area contributed by atoms with Gasteiger partial charge >= 0.3 is 5.69 Å². The van der Waals surface area contributed by atoms with E-state index in [1.54, 1.807) is 18.3 Å². The van der Waals surface area contributed by atoms with Crippen molar-refractivity contribution in [2.75, 3.05) is 7.11 Å². The van der Waals surface area contributed by atoms with Crippen molar-refractivity contribution in [2.24, 2.45) is 0 Å². The third kappa shape index (κ3) is 3.03. The highest BCUT2D eigenvalue weighted by atomic mass is 16.6. The number of nitrogens with zero attached hydrogens (tertiary/aromatic N) is 2. The first-order chi connectivity index (χ1) is 11.2. The fourth-order valence-electron chi connectivity index (χ4n) is 2.39. The standard InChI is InChI=1S/C18H14N2O3/c1-23-18-8-7-14(12-17(18)20(21)22)15-9-10-19-16(11-15)13-5-3-2-4-6-13/h2-12H,1H3. The van der Waals surface area contributed by atoms with Crippen LogP contribution in [0.15, 0.2) is 66.9 Å². The highest BCUT2D eigenvalue weighted by molar-refractivity contribution is 5.73. The van der Waals surface area contributed by atoms with E-state index in [1.807, 2.05) is 42.5 Å². The van der Waals surface area contributed by atoms with Crippen LogP contribution in [-0.4, -0.2) is 17.0 Å². The summed E-state index contributed by atoms with van der Waals surface area (Å²) in [4.78, 5) is 15.1. The van der Waals surface area contributed by atoms with Gasteiger partial charge in [0.2, 0.25) is 0 Å². The van der Waals surface area contributed by atoms with Gasteiger partial charge in [-0.2, -0.15) is 0 Å². The van der Waals surface area contributed by atoms with Gasteiger partial charge in [-0.25, -0.2) is 0 Å². The first-order valence-electron chi connectivity index (χ1n) is 7.03. The summed E-state index contributed by atoms with van der Waals surface area (Å²) in [5.41, 5.74) is 3.38. The number of hydrogen-bond donors (Lipinski definition) is 0. The Bertz CT molecular complexity index is 848. The monoisotopic (exact) mass is 306 g/mol. The molecule has 2 aromatic carbocycles. The van der Waals surface area contributed by atoms with E-state index in [0.29, 0.717) is 0 Å². The number of aromatic nitrogens is 1. The zero-order valence-corrected chi connectivity index (χ0v) is 12.5. The number of rotatable bonds is 4. The molecule has 0 atom stereocenters. The minimum Gasteiger partial charge on any atom is -0.490 e. The quantitative estimate of drug-likeness (QED) is 0.531. The van der Waals surface area contributed by atoms with Gasteiger partial charge < -0.3 is 4.74 Å². The minimum atomic E-state index is -0.443. The van der Waals surface area contributed by atoms with Crippen molar-refractivity contribution in [3.05, 3.63) is 77.0 Å². The lowest BCUT2D eigenvalue weighted by atomic mass is 10.0. The van der Waals surface area contributed by atoms with Crippen molar-refractivity contribution < 1.29 is 9.66 Å². The largest absolute Gasteiger partial charge is 0.490 e. The van der Waals surface area contributed by atoms with Crippen molar-refractivity contribution in [2.45, 2.75) is 0 Å². The van der Waals surface area contributed by atoms with Crippen molar-refractivity contribution in [3.63, 3.8) is 0 Å². The predicted molar refractivity (Wildman–Crippen MR) is 88.3 cm³/mol. The van der Waals surface area contributed by atoms with E-state index in [9.17, 15) is 10.1 Å².